The van der Waals surface area contributed by atoms with E-state index in [1.165, 1.54) is 25.7 Å². The van der Waals surface area contributed by atoms with Crippen molar-refractivity contribution in [2.45, 2.75) is 57.4 Å². The van der Waals surface area contributed by atoms with Crippen LogP contribution in [0.25, 0.3) is 0 Å². The van der Waals surface area contributed by atoms with Gasteiger partial charge in [-0.25, -0.2) is 4.98 Å². The molecule has 1 aliphatic carbocycles. The number of nitrogens with two attached hydrogens (primary N) is 1. The van der Waals surface area contributed by atoms with Crippen molar-refractivity contribution in [2.24, 2.45) is 11.7 Å². The summed E-state index contributed by atoms with van der Waals surface area (Å²) in [6.07, 6.45) is 11.1. The lowest BCUT2D eigenvalue weighted by atomic mass is 9.95. The van der Waals surface area contributed by atoms with Crippen LogP contribution in [0, 0.1) is 5.92 Å². The molecule has 1 aliphatic heterocycles. The molecule has 3 rings (SSSR count). The number of aromatic nitrogens is 2. The van der Waals surface area contributed by atoms with E-state index in [-0.39, 0.29) is 24.3 Å². The number of hydrogen-bond acceptors (Lipinski definition) is 3. The zero-order chi connectivity index (χ0) is 16.2. The first kappa shape index (κ1) is 16.0. The molecular weight excluding hydrogens is 292 g/mol. The van der Waals surface area contributed by atoms with Crippen LogP contribution in [0.4, 0.5) is 0 Å². The Balaban J connectivity index is 1.62. The van der Waals surface area contributed by atoms with E-state index >= 15 is 0 Å². The quantitative estimate of drug-likeness (QED) is 0.896. The van der Waals surface area contributed by atoms with Crippen molar-refractivity contribution in [3.63, 3.8) is 0 Å². The number of carbonyl (C=O) groups excluding carboxylic acids is 2. The van der Waals surface area contributed by atoms with Gasteiger partial charge in [0, 0.05) is 37.8 Å². The van der Waals surface area contributed by atoms with Crippen molar-refractivity contribution < 1.29 is 9.59 Å². The molecule has 1 aromatic rings. The van der Waals surface area contributed by atoms with Crippen LogP contribution in [0.5, 0.6) is 0 Å². The molecule has 0 spiro atoms. The average molecular weight is 318 g/mol. The Kier molecular flexibility index (Phi) is 4.98. The number of piperidine rings is 1. The minimum atomic E-state index is -0.366. The number of primary amides is 1. The predicted molar refractivity (Wildman–Crippen MR) is 86.6 cm³/mol. The largest absolute Gasteiger partial charge is 0.368 e. The summed E-state index contributed by atoms with van der Waals surface area (Å²) < 4.78 is 1.82. The highest BCUT2D eigenvalue weighted by Crippen LogP contribution is 2.30. The maximum absolute atomic E-state index is 12.6. The summed E-state index contributed by atoms with van der Waals surface area (Å²) in [6.45, 7) is 1.71. The number of carbonyl (C=O) groups is 2. The second-order valence-electron chi connectivity index (χ2n) is 6.91. The maximum atomic E-state index is 12.6. The van der Waals surface area contributed by atoms with Gasteiger partial charge in [-0.1, -0.05) is 12.8 Å². The lowest BCUT2D eigenvalue weighted by Gasteiger charge is -2.33. The molecule has 23 heavy (non-hydrogen) atoms. The molecule has 0 unspecified atom stereocenters. The molecule has 2 aliphatic rings. The van der Waals surface area contributed by atoms with Gasteiger partial charge < -0.3 is 15.2 Å². The highest BCUT2D eigenvalue weighted by molar-refractivity contribution is 5.76. The average Bonchev–Trinajstić information content (AvgIpc) is 3.18. The van der Waals surface area contributed by atoms with E-state index in [2.05, 4.69) is 4.98 Å². The van der Waals surface area contributed by atoms with Crippen LogP contribution in [-0.4, -0.2) is 39.4 Å². The predicted octanol–water partition coefficient (Wildman–Crippen LogP) is 1.65. The first-order valence-electron chi connectivity index (χ1n) is 8.70. The Morgan fingerprint density at radius 3 is 2.74 bits per heavy atom. The smallest absolute Gasteiger partial charge is 0.237 e. The van der Waals surface area contributed by atoms with Gasteiger partial charge >= 0.3 is 0 Å². The Morgan fingerprint density at radius 2 is 2.00 bits per heavy atom. The number of hydrogen-bond donors (Lipinski definition) is 1. The normalized spacial score (nSPS) is 22.4. The molecule has 126 valence electrons. The summed E-state index contributed by atoms with van der Waals surface area (Å²) in [5.74, 6) is 1.58. The van der Waals surface area contributed by atoms with Gasteiger partial charge in [-0.15, -0.1) is 0 Å². The molecule has 1 atom stereocenters. The first-order valence-corrected chi connectivity index (χ1v) is 8.70. The molecule has 2 heterocycles. The zero-order valence-electron chi connectivity index (χ0n) is 13.6. The van der Waals surface area contributed by atoms with Gasteiger partial charge in [-0.2, -0.15) is 0 Å². The molecular formula is C17H26N4O2. The van der Waals surface area contributed by atoms with Crippen LogP contribution < -0.4 is 5.73 Å². The zero-order valence-corrected chi connectivity index (χ0v) is 13.6. The Bertz CT molecular complexity index is 563. The van der Waals surface area contributed by atoms with E-state index in [9.17, 15) is 9.59 Å². The number of imidazole rings is 1. The topological polar surface area (TPSA) is 81.2 Å². The van der Waals surface area contributed by atoms with Gasteiger partial charge in [-0.3, -0.25) is 9.59 Å². The fourth-order valence-corrected chi connectivity index (χ4v) is 3.99. The highest BCUT2D eigenvalue weighted by atomic mass is 16.2. The van der Waals surface area contributed by atoms with Crippen molar-refractivity contribution in [1.29, 1.82) is 0 Å². The van der Waals surface area contributed by atoms with Gasteiger partial charge in [0.1, 0.15) is 12.4 Å². The second kappa shape index (κ2) is 7.15. The molecule has 6 heteroatoms. The van der Waals surface area contributed by atoms with Crippen molar-refractivity contribution in [1.82, 2.24) is 14.5 Å². The molecule has 6 nitrogen and oxygen atoms in total. The molecule has 0 aromatic carbocycles. The second-order valence-corrected chi connectivity index (χ2v) is 6.91. The van der Waals surface area contributed by atoms with E-state index < -0.39 is 0 Å². The van der Waals surface area contributed by atoms with Crippen molar-refractivity contribution >= 4 is 11.8 Å². The molecule has 1 aromatic heterocycles. The number of amides is 2. The minimum absolute atomic E-state index is 0.155. The SMILES string of the molecule is NC(=O)Cn1ccnc1[C@@H]1CCCN(C(=O)CC2CCCC2)C1. The summed E-state index contributed by atoms with van der Waals surface area (Å²) in [6, 6.07) is 0. The van der Waals surface area contributed by atoms with Crippen molar-refractivity contribution in [3.8, 4) is 0 Å². The van der Waals surface area contributed by atoms with Crippen LogP contribution >= 0.6 is 0 Å². The molecule has 0 bridgehead atoms. The molecule has 1 saturated heterocycles. The van der Waals surface area contributed by atoms with Crippen LogP contribution in [0.2, 0.25) is 0 Å². The lowest BCUT2D eigenvalue weighted by molar-refractivity contribution is -0.133. The summed E-state index contributed by atoms with van der Waals surface area (Å²) in [5, 5.41) is 0. The summed E-state index contributed by atoms with van der Waals surface area (Å²) in [5.41, 5.74) is 5.30. The Labute approximate surface area is 137 Å². The molecule has 1 saturated carbocycles. The number of nitrogens with zero attached hydrogens (tertiary/aromatic N) is 3. The van der Waals surface area contributed by atoms with Gasteiger partial charge in [-0.05, 0) is 31.6 Å². The number of rotatable bonds is 5. The van der Waals surface area contributed by atoms with E-state index in [1.54, 1.807) is 12.4 Å². The Morgan fingerprint density at radius 1 is 1.22 bits per heavy atom. The van der Waals surface area contributed by atoms with Gasteiger partial charge in [0.2, 0.25) is 11.8 Å². The number of likely N-dealkylation sites (tertiary alicyclic amines) is 1. The third kappa shape index (κ3) is 3.92. The van der Waals surface area contributed by atoms with E-state index in [0.29, 0.717) is 18.9 Å². The van der Waals surface area contributed by atoms with Gasteiger partial charge in [0.05, 0.1) is 0 Å². The van der Waals surface area contributed by atoms with E-state index in [1.807, 2.05) is 9.47 Å². The first-order chi connectivity index (χ1) is 11.1. The van der Waals surface area contributed by atoms with E-state index in [0.717, 1.165) is 25.2 Å². The standard InChI is InChI=1S/C17H26N4O2/c18-15(22)12-21-9-7-19-17(21)14-6-3-8-20(11-14)16(23)10-13-4-1-2-5-13/h7,9,13-14H,1-6,8,10-12H2,(H2,18,22)/t14-/m1/s1. The van der Waals surface area contributed by atoms with Crippen molar-refractivity contribution in [3.05, 3.63) is 18.2 Å². The molecule has 2 fully saturated rings. The fourth-order valence-electron chi connectivity index (χ4n) is 3.99. The van der Waals surface area contributed by atoms with Crippen LogP contribution in [-0.2, 0) is 16.1 Å². The van der Waals surface area contributed by atoms with Gasteiger partial charge in [0.25, 0.3) is 0 Å². The van der Waals surface area contributed by atoms with Gasteiger partial charge in [0.15, 0.2) is 0 Å². The third-order valence-corrected chi connectivity index (χ3v) is 5.15. The maximum Gasteiger partial charge on any atom is 0.237 e. The molecule has 2 amide bonds. The summed E-state index contributed by atoms with van der Waals surface area (Å²) in [7, 11) is 0. The lowest BCUT2D eigenvalue weighted by Crippen LogP contribution is -2.40. The monoisotopic (exact) mass is 318 g/mol. The minimum Gasteiger partial charge on any atom is -0.368 e. The molecule has 0 radical (unpaired) electrons. The fraction of sp³-hybridized carbons (Fsp3) is 0.706. The summed E-state index contributed by atoms with van der Waals surface area (Å²) >= 11 is 0. The third-order valence-electron chi connectivity index (χ3n) is 5.15. The highest BCUT2D eigenvalue weighted by Gasteiger charge is 2.29. The van der Waals surface area contributed by atoms with Crippen LogP contribution in [0.1, 0.15) is 56.7 Å². The van der Waals surface area contributed by atoms with Crippen LogP contribution in [0.15, 0.2) is 12.4 Å². The van der Waals surface area contributed by atoms with E-state index in [4.69, 9.17) is 5.73 Å². The summed E-state index contributed by atoms with van der Waals surface area (Å²) in [4.78, 5) is 30.1. The Hall–Kier alpha value is -1.85. The van der Waals surface area contributed by atoms with Crippen molar-refractivity contribution in [2.75, 3.05) is 13.1 Å². The molecule has 2 N–H and O–H groups in total. The van der Waals surface area contributed by atoms with Crippen LogP contribution in [0.3, 0.4) is 0 Å².